The van der Waals surface area contributed by atoms with Crippen molar-refractivity contribution in [1.29, 1.82) is 0 Å². The first-order valence-electron chi connectivity index (χ1n) is 8.97. The average molecular weight is 343 g/mol. The fraction of sp³-hybridized carbons (Fsp3) is 0.526. The highest BCUT2D eigenvalue weighted by Crippen LogP contribution is 2.18. The molecule has 6 nitrogen and oxygen atoms in total. The van der Waals surface area contributed by atoms with Crippen LogP contribution < -0.4 is 4.90 Å². The van der Waals surface area contributed by atoms with Crippen LogP contribution in [0.5, 0.6) is 0 Å². The molecule has 3 rings (SSSR count). The molecule has 0 bridgehead atoms. The predicted octanol–water partition coefficient (Wildman–Crippen LogP) is 1.57. The predicted molar refractivity (Wildman–Crippen MR) is 95.2 cm³/mol. The zero-order chi connectivity index (χ0) is 17.8. The maximum atomic E-state index is 12.5. The molecule has 25 heavy (non-hydrogen) atoms. The standard InChI is InChI=1S/C19H25N3O3/c1-15-6-8-16(9-7-15)22-12-11-21(14-19(22)25)18(24)13-20-10-4-2-3-5-17(20)23/h6-9H,2-5,10-14H2,1H3. The van der Waals surface area contributed by atoms with Crippen LogP contribution in [0.3, 0.4) is 0 Å². The molecule has 0 aliphatic carbocycles. The third-order valence-electron chi connectivity index (χ3n) is 4.92. The fourth-order valence-electron chi connectivity index (χ4n) is 3.35. The number of anilines is 1. The van der Waals surface area contributed by atoms with Gasteiger partial charge in [-0.15, -0.1) is 0 Å². The Morgan fingerprint density at radius 3 is 2.44 bits per heavy atom. The van der Waals surface area contributed by atoms with Crippen molar-refractivity contribution in [3.8, 4) is 0 Å². The van der Waals surface area contributed by atoms with Gasteiger partial charge in [0.1, 0.15) is 6.54 Å². The van der Waals surface area contributed by atoms with Crippen molar-refractivity contribution in [3.63, 3.8) is 0 Å². The minimum Gasteiger partial charge on any atom is -0.333 e. The van der Waals surface area contributed by atoms with E-state index in [0.29, 0.717) is 26.1 Å². The molecule has 3 amide bonds. The quantitative estimate of drug-likeness (QED) is 0.837. The second kappa shape index (κ2) is 7.68. The lowest BCUT2D eigenvalue weighted by atomic mass is 10.2. The van der Waals surface area contributed by atoms with E-state index in [-0.39, 0.29) is 30.8 Å². The van der Waals surface area contributed by atoms with Crippen LogP contribution in [0.15, 0.2) is 24.3 Å². The summed E-state index contributed by atoms with van der Waals surface area (Å²) in [4.78, 5) is 42.0. The highest BCUT2D eigenvalue weighted by molar-refractivity contribution is 5.98. The second-order valence-corrected chi connectivity index (χ2v) is 6.82. The number of hydrogen-bond donors (Lipinski definition) is 0. The zero-order valence-electron chi connectivity index (χ0n) is 14.7. The zero-order valence-corrected chi connectivity index (χ0v) is 14.7. The number of piperazine rings is 1. The van der Waals surface area contributed by atoms with E-state index in [1.54, 1.807) is 14.7 Å². The summed E-state index contributed by atoms with van der Waals surface area (Å²) in [6, 6.07) is 7.82. The van der Waals surface area contributed by atoms with E-state index in [4.69, 9.17) is 0 Å². The van der Waals surface area contributed by atoms with E-state index < -0.39 is 0 Å². The number of carbonyl (C=O) groups is 3. The Morgan fingerprint density at radius 2 is 1.72 bits per heavy atom. The van der Waals surface area contributed by atoms with Gasteiger partial charge >= 0.3 is 0 Å². The summed E-state index contributed by atoms with van der Waals surface area (Å²) in [5.41, 5.74) is 2.01. The molecule has 1 aromatic carbocycles. The summed E-state index contributed by atoms with van der Waals surface area (Å²) in [6.45, 7) is 3.81. The molecule has 2 fully saturated rings. The van der Waals surface area contributed by atoms with Crippen molar-refractivity contribution in [2.45, 2.75) is 32.6 Å². The number of hydrogen-bond acceptors (Lipinski definition) is 3. The first kappa shape index (κ1) is 17.5. The summed E-state index contributed by atoms with van der Waals surface area (Å²) >= 11 is 0. The number of nitrogens with zero attached hydrogens (tertiary/aromatic N) is 3. The summed E-state index contributed by atoms with van der Waals surface area (Å²) in [6.07, 6.45) is 3.40. The van der Waals surface area contributed by atoms with Gasteiger partial charge in [0.25, 0.3) is 0 Å². The maximum absolute atomic E-state index is 12.5. The average Bonchev–Trinajstić information content (AvgIpc) is 2.80. The number of carbonyl (C=O) groups excluding carboxylic acids is 3. The Morgan fingerprint density at radius 1 is 0.960 bits per heavy atom. The van der Waals surface area contributed by atoms with Crippen molar-refractivity contribution in [2.24, 2.45) is 0 Å². The van der Waals surface area contributed by atoms with Crippen LogP contribution in [-0.2, 0) is 14.4 Å². The van der Waals surface area contributed by atoms with Gasteiger partial charge in [0, 0.05) is 31.7 Å². The summed E-state index contributed by atoms with van der Waals surface area (Å²) in [7, 11) is 0. The largest absolute Gasteiger partial charge is 0.333 e. The number of benzene rings is 1. The number of rotatable bonds is 3. The van der Waals surface area contributed by atoms with Gasteiger partial charge < -0.3 is 14.7 Å². The Hall–Kier alpha value is -2.37. The van der Waals surface area contributed by atoms with E-state index in [0.717, 1.165) is 30.5 Å². The minimum absolute atomic E-state index is 0.0514. The lowest BCUT2D eigenvalue weighted by Crippen LogP contribution is -2.54. The van der Waals surface area contributed by atoms with Gasteiger partial charge in [0.05, 0.1) is 6.54 Å². The third-order valence-corrected chi connectivity index (χ3v) is 4.92. The molecule has 6 heteroatoms. The molecule has 1 aromatic rings. The van der Waals surface area contributed by atoms with Crippen LogP contribution in [-0.4, -0.2) is 60.2 Å². The lowest BCUT2D eigenvalue weighted by molar-refractivity contribution is -0.142. The van der Waals surface area contributed by atoms with Crippen LogP contribution in [0.1, 0.15) is 31.2 Å². The number of likely N-dealkylation sites (tertiary alicyclic amines) is 1. The summed E-state index contributed by atoms with van der Waals surface area (Å²) in [5, 5.41) is 0. The molecule has 2 heterocycles. The first-order valence-corrected chi connectivity index (χ1v) is 8.97. The van der Waals surface area contributed by atoms with Crippen molar-refractivity contribution in [3.05, 3.63) is 29.8 Å². The highest BCUT2D eigenvalue weighted by Gasteiger charge is 2.29. The van der Waals surface area contributed by atoms with E-state index in [1.165, 1.54) is 0 Å². The van der Waals surface area contributed by atoms with Gasteiger partial charge in [0.15, 0.2) is 0 Å². The molecule has 2 aliphatic rings. The number of aryl methyl sites for hydroxylation is 1. The first-order chi connectivity index (χ1) is 12.0. The molecule has 0 aromatic heterocycles. The maximum Gasteiger partial charge on any atom is 0.246 e. The van der Waals surface area contributed by atoms with Crippen molar-refractivity contribution in [2.75, 3.05) is 37.6 Å². The fourth-order valence-corrected chi connectivity index (χ4v) is 3.35. The molecular formula is C19H25N3O3. The highest BCUT2D eigenvalue weighted by atomic mass is 16.2. The van der Waals surface area contributed by atoms with E-state index in [9.17, 15) is 14.4 Å². The topological polar surface area (TPSA) is 60.9 Å². The molecule has 134 valence electrons. The van der Waals surface area contributed by atoms with Gasteiger partial charge in [-0.1, -0.05) is 24.1 Å². The Bertz CT molecular complexity index is 656. The smallest absolute Gasteiger partial charge is 0.246 e. The molecule has 0 spiro atoms. The van der Waals surface area contributed by atoms with Crippen LogP contribution in [0, 0.1) is 6.92 Å². The molecule has 0 saturated carbocycles. The third kappa shape index (κ3) is 4.18. The Labute approximate surface area is 148 Å². The molecular weight excluding hydrogens is 318 g/mol. The monoisotopic (exact) mass is 343 g/mol. The van der Waals surface area contributed by atoms with Gasteiger partial charge in [-0.05, 0) is 31.9 Å². The SMILES string of the molecule is Cc1ccc(N2CCN(C(=O)CN3CCCCCC3=O)CC2=O)cc1. The van der Waals surface area contributed by atoms with Gasteiger partial charge in [-0.2, -0.15) is 0 Å². The molecule has 2 aliphatic heterocycles. The van der Waals surface area contributed by atoms with Crippen LogP contribution in [0.25, 0.3) is 0 Å². The normalized spacial score (nSPS) is 19.2. The van der Waals surface area contributed by atoms with Gasteiger partial charge in [-0.25, -0.2) is 0 Å². The van der Waals surface area contributed by atoms with Gasteiger partial charge in [0.2, 0.25) is 17.7 Å². The lowest BCUT2D eigenvalue weighted by Gasteiger charge is -2.35. The van der Waals surface area contributed by atoms with E-state index >= 15 is 0 Å². The molecule has 0 atom stereocenters. The Kier molecular flexibility index (Phi) is 5.36. The second-order valence-electron chi connectivity index (χ2n) is 6.82. The molecule has 0 unspecified atom stereocenters. The van der Waals surface area contributed by atoms with E-state index in [2.05, 4.69) is 0 Å². The van der Waals surface area contributed by atoms with Crippen molar-refractivity contribution in [1.82, 2.24) is 9.80 Å². The summed E-state index contributed by atoms with van der Waals surface area (Å²) < 4.78 is 0. The van der Waals surface area contributed by atoms with Crippen molar-refractivity contribution >= 4 is 23.4 Å². The van der Waals surface area contributed by atoms with Crippen LogP contribution in [0.2, 0.25) is 0 Å². The molecule has 0 radical (unpaired) electrons. The minimum atomic E-state index is -0.132. The van der Waals surface area contributed by atoms with Crippen molar-refractivity contribution < 1.29 is 14.4 Å². The van der Waals surface area contributed by atoms with Gasteiger partial charge in [-0.3, -0.25) is 14.4 Å². The summed E-state index contributed by atoms with van der Waals surface area (Å²) in [5.74, 6) is -0.159. The van der Waals surface area contributed by atoms with E-state index in [1.807, 2.05) is 31.2 Å². The molecule has 2 saturated heterocycles. The number of amides is 3. The van der Waals surface area contributed by atoms with Crippen LogP contribution in [0.4, 0.5) is 5.69 Å². The molecule has 0 N–H and O–H groups in total. The van der Waals surface area contributed by atoms with Crippen LogP contribution >= 0.6 is 0 Å². The Balaban J connectivity index is 1.58.